The number of carbonyl (C=O) groups excluding carboxylic acids is 1. The number of hydrogen-bond acceptors (Lipinski definition) is 8. The van der Waals surface area contributed by atoms with Gasteiger partial charge in [0.05, 0.1) is 14.2 Å². The smallest absolute Gasteiger partial charge is 0.275 e. The summed E-state index contributed by atoms with van der Waals surface area (Å²) in [5, 5.41) is 9.63. The molecule has 0 aliphatic carbocycles. The van der Waals surface area contributed by atoms with E-state index in [9.17, 15) is 4.79 Å². The highest BCUT2D eigenvalue weighted by molar-refractivity contribution is 6.02. The average Bonchev–Trinajstić information content (AvgIpc) is 3.12. The molecular weight excluding hydrogens is 374 g/mol. The summed E-state index contributed by atoms with van der Waals surface area (Å²) in [6, 6.07) is 9.02. The van der Waals surface area contributed by atoms with E-state index in [4.69, 9.17) is 14.0 Å². The van der Waals surface area contributed by atoms with Crippen LogP contribution in [0.25, 0.3) is 0 Å². The van der Waals surface area contributed by atoms with Gasteiger partial charge in [-0.15, -0.1) is 0 Å². The van der Waals surface area contributed by atoms with Crippen molar-refractivity contribution < 1.29 is 18.8 Å². The zero-order chi connectivity index (χ0) is 20.8. The van der Waals surface area contributed by atoms with Crippen LogP contribution in [0, 0.1) is 13.8 Å². The normalized spacial score (nSPS) is 10.5. The van der Waals surface area contributed by atoms with Gasteiger partial charge in [-0.1, -0.05) is 11.2 Å². The summed E-state index contributed by atoms with van der Waals surface area (Å²) in [6.07, 6.45) is 0.739. The fraction of sp³-hybridized carbons (Fsp3) is 0.300. The van der Waals surface area contributed by atoms with Crippen molar-refractivity contribution in [3.05, 3.63) is 53.2 Å². The minimum Gasteiger partial charge on any atom is -0.493 e. The number of nitrogens with zero attached hydrogens (tertiary/aromatic N) is 3. The molecule has 3 rings (SSSR count). The second-order valence-corrected chi connectivity index (χ2v) is 6.33. The van der Waals surface area contributed by atoms with Gasteiger partial charge in [0.25, 0.3) is 5.91 Å². The topological polar surface area (TPSA) is 111 Å². The van der Waals surface area contributed by atoms with E-state index in [0.717, 1.165) is 12.0 Å². The number of methoxy groups -OCH3 is 2. The molecule has 0 spiro atoms. The maximum absolute atomic E-state index is 12.4. The van der Waals surface area contributed by atoms with E-state index in [0.29, 0.717) is 41.3 Å². The molecule has 9 heteroatoms. The molecule has 0 aliphatic heterocycles. The Morgan fingerprint density at radius 3 is 2.52 bits per heavy atom. The van der Waals surface area contributed by atoms with E-state index < -0.39 is 0 Å². The van der Waals surface area contributed by atoms with Crippen LogP contribution in [0.15, 0.2) is 34.9 Å². The molecule has 9 nitrogen and oxygen atoms in total. The van der Waals surface area contributed by atoms with Crippen molar-refractivity contribution in [1.82, 2.24) is 15.1 Å². The summed E-state index contributed by atoms with van der Waals surface area (Å²) in [4.78, 5) is 20.9. The van der Waals surface area contributed by atoms with Crippen LogP contribution in [0.1, 0.15) is 27.6 Å². The van der Waals surface area contributed by atoms with Crippen molar-refractivity contribution >= 4 is 17.5 Å². The summed E-state index contributed by atoms with van der Waals surface area (Å²) in [5.41, 5.74) is 1.33. The van der Waals surface area contributed by atoms with Crippen LogP contribution in [0.3, 0.4) is 0 Å². The van der Waals surface area contributed by atoms with Crippen molar-refractivity contribution in [2.75, 3.05) is 31.4 Å². The van der Waals surface area contributed by atoms with Gasteiger partial charge >= 0.3 is 0 Å². The monoisotopic (exact) mass is 397 g/mol. The zero-order valence-corrected chi connectivity index (χ0v) is 16.8. The van der Waals surface area contributed by atoms with Gasteiger partial charge in [0.15, 0.2) is 17.3 Å². The van der Waals surface area contributed by atoms with Crippen LogP contribution in [-0.2, 0) is 6.42 Å². The molecular formula is C20H23N5O4. The second-order valence-electron chi connectivity index (χ2n) is 6.33. The highest BCUT2D eigenvalue weighted by Crippen LogP contribution is 2.27. The minimum absolute atomic E-state index is 0.242. The Labute approximate surface area is 168 Å². The Kier molecular flexibility index (Phi) is 6.28. The lowest BCUT2D eigenvalue weighted by molar-refractivity contribution is 0.102. The molecule has 0 saturated heterocycles. The maximum atomic E-state index is 12.4. The molecule has 2 heterocycles. The average molecular weight is 397 g/mol. The maximum Gasteiger partial charge on any atom is 0.275 e. The molecule has 152 valence electrons. The summed E-state index contributed by atoms with van der Waals surface area (Å²) < 4.78 is 15.5. The van der Waals surface area contributed by atoms with Gasteiger partial charge in [-0.2, -0.15) is 0 Å². The molecule has 0 saturated carbocycles. The van der Waals surface area contributed by atoms with Gasteiger partial charge in [-0.3, -0.25) is 4.79 Å². The number of nitrogens with one attached hydrogen (secondary N) is 2. The quantitative estimate of drug-likeness (QED) is 0.597. The van der Waals surface area contributed by atoms with Gasteiger partial charge in [0.1, 0.15) is 23.1 Å². The highest BCUT2D eigenvalue weighted by Gasteiger charge is 2.13. The van der Waals surface area contributed by atoms with Crippen molar-refractivity contribution in [3.8, 4) is 11.5 Å². The number of aromatic nitrogens is 3. The summed E-state index contributed by atoms with van der Waals surface area (Å²) in [6.45, 7) is 4.10. The lowest BCUT2D eigenvalue weighted by Gasteiger charge is -2.11. The predicted molar refractivity (Wildman–Crippen MR) is 108 cm³/mol. The van der Waals surface area contributed by atoms with Gasteiger partial charge in [-0.25, -0.2) is 9.97 Å². The number of hydrogen-bond donors (Lipinski definition) is 2. The fourth-order valence-electron chi connectivity index (χ4n) is 2.75. The van der Waals surface area contributed by atoms with E-state index in [1.807, 2.05) is 18.2 Å². The summed E-state index contributed by atoms with van der Waals surface area (Å²) in [7, 11) is 3.21. The van der Waals surface area contributed by atoms with Gasteiger partial charge in [0, 0.05) is 18.7 Å². The largest absolute Gasteiger partial charge is 0.493 e. The van der Waals surface area contributed by atoms with E-state index in [2.05, 4.69) is 25.8 Å². The molecule has 0 radical (unpaired) electrons. The van der Waals surface area contributed by atoms with Crippen LogP contribution in [0.5, 0.6) is 11.5 Å². The number of carbonyl (C=O) groups is 1. The third-order valence-electron chi connectivity index (χ3n) is 4.11. The van der Waals surface area contributed by atoms with Gasteiger partial charge in [0.2, 0.25) is 0 Å². The predicted octanol–water partition coefficient (Wildman–Crippen LogP) is 3.01. The van der Waals surface area contributed by atoms with E-state index in [-0.39, 0.29) is 11.6 Å². The van der Waals surface area contributed by atoms with Crippen LogP contribution in [0.2, 0.25) is 0 Å². The lowest BCUT2D eigenvalue weighted by atomic mass is 10.1. The third kappa shape index (κ3) is 5.22. The molecule has 0 fully saturated rings. The van der Waals surface area contributed by atoms with Crippen LogP contribution in [0.4, 0.5) is 11.6 Å². The first kappa shape index (κ1) is 20.1. The van der Waals surface area contributed by atoms with E-state index in [1.165, 1.54) is 0 Å². The Balaban J connectivity index is 1.63. The van der Waals surface area contributed by atoms with Crippen molar-refractivity contribution in [1.29, 1.82) is 0 Å². The number of ether oxygens (including phenoxy) is 2. The van der Waals surface area contributed by atoms with E-state index >= 15 is 0 Å². The minimum atomic E-state index is -0.383. The molecule has 0 atom stereocenters. The van der Waals surface area contributed by atoms with E-state index in [1.54, 1.807) is 40.2 Å². The molecule has 1 aromatic carbocycles. The molecule has 1 amide bonds. The van der Waals surface area contributed by atoms with Crippen molar-refractivity contribution in [2.45, 2.75) is 20.3 Å². The van der Waals surface area contributed by atoms with Crippen LogP contribution in [-0.4, -0.2) is 41.8 Å². The first-order valence-electron chi connectivity index (χ1n) is 9.03. The summed E-state index contributed by atoms with van der Waals surface area (Å²) in [5.74, 6) is 3.00. The number of rotatable bonds is 8. The lowest BCUT2D eigenvalue weighted by Crippen LogP contribution is -2.16. The zero-order valence-electron chi connectivity index (χ0n) is 16.8. The first-order valence-corrected chi connectivity index (χ1v) is 9.03. The fourth-order valence-corrected chi connectivity index (χ4v) is 2.75. The highest BCUT2D eigenvalue weighted by atomic mass is 16.5. The Bertz CT molecular complexity index is 1000. The molecule has 3 aromatic rings. The number of amides is 1. The second kappa shape index (κ2) is 9.05. The Hall–Kier alpha value is -3.62. The standard InChI is InChI=1S/C20H23N5O4/c1-12-9-19(25-29-12)24-20(26)15-11-18(23-13(2)22-15)21-8-7-14-5-6-16(27-3)17(10-14)28-4/h5-6,9-11H,7-8H2,1-4H3,(H,21,22,23)(H,24,25,26). The Morgan fingerprint density at radius 1 is 1.03 bits per heavy atom. The van der Waals surface area contributed by atoms with Gasteiger partial charge in [-0.05, 0) is 38.0 Å². The van der Waals surface area contributed by atoms with Crippen LogP contribution >= 0.6 is 0 Å². The van der Waals surface area contributed by atoms with Crippen LogP contribution < -0.4 is 20.1 Å². The van der Waals surface area contributed by atoms with Crippen molar-refractivity contribution in [2.24, 2.45) is 0 Å². The number of aryl methyl sites for hydroxylation is 2. The molecule has 2 N–H and O–H groups in total. The van der Waals surface area contributed by atoms with Crippen molar-refractivity contribution in [3.63, 3.8) is 0 Å². The molecule has 0 aliphatic rings. The Morgan fingerprint density at radius 2 is 1.83 bits per heavy atom. The SMILES string of the molecule is COc1ccc(CCNc2cc(C(=O)Nc3cc(C)on3)nc(C)n2)cc1OC. The summed E-state index contributed by atoms with van der Waals surface area (Å²) >= 11 is 0. The molecule has 2 aromatic heterocycles. The number of anilines is 2. The molecule has 29 heavy (non-hydrogen) atoms. The molecule has 0 bridgehead atoms. The first-order chi connectivity index (χ1) is 14.0. The van der Waals surface area contributed by atoms with Gasteiger partial charge < -0.3 is 24.6 Å². The third-order valence-corrected chi connectivity index (χ3v) is 4.11. The number of benzene rings is 1. The molecule has 0 unspecified atom stereocenters.